The number of anilines is 3. The highest BCUT2D eigenvalue weighted by Crippen LogP contribution is 2.42. The zero-order valence-corrected chi connectivity index (χ0v) is 34.9. The van der Waals surface area contributed by atoms with E-state index in [0.717, 1.165) is 66.7 Å². The van der Waals surface area contributed by atoms with Crippen LogP contribution in [0.25, 0.3) is 81.4 Å². The highest BCUT2D eigenvalue weighted by molar-refractivity contribution is 7.22. The van der Waals surface area contributed by atoms with Gasteiger partial charge >= 0.3 is 0 Å². The summed E-state index contributed by atoms with van der Waals surface area (Å²) in [6, 6.07) is 61.7. The number of aromatic nitrogens is 1. The highest BCUT2D eigenvalue weighted by atomic mass is 32.1. The van der Waals surface area contributed by atoms with Crippen LogP contribution in [0.3, 0.4) is 0 Å². The molecule has 11 rings (SSSR count). The minimum atomic E-state index is -2.21. The Hall–Kier alpha value is -7.88. The Balaban J connectivity index is 0.998. The average molecular weight is 879 g/mol. The van der Waals surface area contributed by atoms with Gasteiger partial charge in [-0.05, 0) is 136 Å². The lowest BCUT2D eigenvalue weighted by molar-refractivity contribution is 0.381. The molecule has 0 unspecified atom stereocenters. The molecule has 0 aliphatic carbocycles. The Morgan fingerprint density at radius 3 is 1.38 bits per heavy atom. The molecule has 0 fully saturated rings. The van der Waals surface area contributed by atoms with Crippen molar-refractivity contribution in [2.75, 3.05) is 4.90 Å². The van der Waals surface area contributed by atoms with Gasteiger partial charge in [-0.1, -0.05) is 97.1 Å². The third-order valence-corrected chi connectivity index (χ3v) is 13.0. The molecular formula is C56H32F6N2S. The first-order valence-electron chi connectivity index (χ1n) is 20.7. The van der Waals surface area contributed by atoms with Crippen molar-refractivity contribution in [3.05, 3.63) is 229 Å². The molecule has 0 N–H and O–H groups in total. The zero-order chi connectivity index (χ0) is 44.3. The summed E-state index contributed by atoms with van der Waals surface area (Å²) in [6.45, 7) is 0. The second-order valence-electron chi connectivity index (χ2n) is 15.7. The molecule has 2 nitrogen and oxygen atoms in total. The zero-order valence-electron chi connectivity index (χ0n) is 34.0. The third kappa shape index (κ3) is 7.01. The van der Waals surface area contributed by atoms with Gasteiger partial charge in [0.05, 0.1) is 16.6 Å². The SMILES string of the molecule is Fc1ccc(-c2ccc(N(c3ccc(-c4ccc5c(c4)c4cc(-c6cc7ccccc7s6)ccc4n5-c4ccccc4)cc3)c3ccc(-c4c(F)c(F)c(F)c(F)c4F)cc3)cc2)cc1. The van der Waals surface area contributed by atoms with Crippen molar-refractivity contribution in [2.24, 2.45) is 0 Å². The van der Waals surface area contributed by atoms with Crippen molar-refractivity contribution in [1.29, 1.82) is 0 Å². The van der Waals surface area contributed by atoms with Gasteiger partial charge in [0.15, 0.2) is 23.3 Å². The molecule has 314 valence electrons. The lowest BCUT2D eigenvalue weighted by Crippen LogP contribution is -2.10. The molecule has 2 heterocycles. The van der Waals surface area contributed by atoms with E-state index in [4.69, 9.17) is 0 Å². The Morgan fingerprint density at radius 1 is 0.369 bits per heavy atom. The Morgan fingerprint density at radius 2 is 0.815 bits per heavy atom. The number of benzene rings is 9. The molecule has 0 radical (unpaired) electrons. The van der Waals surface area contributed by atoms with Gasteiger partial charge < -0.3 is 9.47 Å². The molecular weight excluding hydrogens is 847 g/mol. The van der Waals surface area contributed by atoms with E-state index in [-0.39, 0.29) is 11.4 Å². The number of hydrogen-bond acceptors (Lipinski definition) is 2. The number of fused-ring (bicyclic) bond motifs is 4. The lowest BCUT2D eigenvalue weighted by atomic mass is 10.0. The predicted molar refractivity (Wildman–Crippen MR) is 252 cm³/mol. The molecule has 0 saturated carbocycles. The molecule has 2 aromatic heterocycles. The molecule has 0 spiro atoms. The van der Waals surface area contributed by atoms with Crippen LogP contribution < -0.4 is 4.90 Å². The Kier molecular flexibility index (Phi) is 9.85. The molecule has 65 heavy (non-hydrogen) atoms. The summed E-state index contributed by atoms with van der Waals surface area (Å²) in [5.74, 6) is -10.4. The number of thiophene rings is 1. The second-order valence-corrected chi connectivity index (χ2v) is 16.8. The van der Waals surface area contributed by atoms with Crippen molar-refractivity contribution in [2.45, 2.75) is 0 Å². The molecule has 0 saturated heterocycles. The van der Waals surface area contributed by atoms with Crippen molar-refractivity contribution in [3.63, 3.8) is 0 Å². The van der Waals surface area contributed by atoms with Crippen LogP contribution in [0.2, 0.25) is 0 Å². The van der Waals surface area contributed by atoms with Gasteiger partial charge in [-0.2, -0.15) is 0 Å². The first kappa shape index (κ1) is 39.9. The van der Waals surface area contributed by atoms with Crippen molar-refractivity contribution >= 4 is 60.3 Å². The number of hydrogen-bond donors (Lipinski definition) is 0. The van der Waals surface area contributed by atoms with E-state index < -0.39 is 34.6 Å². The molecule has 0 atom stereocenters. The van der Waals surface area contributed by atoms with Crippen LogP contribution in [0.15, 0.2) is 194 Å². The minimum Gasteiger partial charge on any atom is -0.311 e. The Bertz CT molecular complexity index is 3520. The molecule has 0 bridgehead atoms. The van der Waals surface area contributed by atoms with Crippen LogP contribution in [0.5, 0.6) is 0 Å². The van der Waals surface area contributed by atoms with Gasteiger partial charge in [0.25, 0.3) is 0 Å². The van der Waals surface area contributed by atoms with Gasteiger partial charge in [0, 0.05) is 43.1 Å². The average Bonchev–Trinajstić information content (AvgIpc) is 3.93. The maximum absolute atomic E-state index is 14.9. The smallest absolute Gasteiger partial charge is 0.200 e. The van der Waals surface area contributed by atoms with E-state index in [0.29, 0.717) is 5.69 Å². The molecule has 0 amide bonds. The van der Waals surface area contributed by atoms with Crippen molar-refractivity contribution in [3.8, 4) is 49.5 Å². The number of para-hydroxylation sites is 1. The van der Waals surface area contributed by atoms with E-state index in [9.17, 15) is 26.3 Å². The maximum Gasteiger partial charge on any atom is 0.200 e. The summed E-state index contributed by atoms with van der Waals surface area (Å²) in [6.07, 6.45) is 0. The van der Waals surface area contributed by atoms with Gasteiger partial charge in [-0.3, -0.25) is 0 Å². The van der Waals surface area contributed by atoms with Gasteiger partial charge in [0.2, 0.25) is 5.82 Å². The highest BCUT2D eigenvalue weighted by Gasteiger charge is 2.27. The first-order chi connectivity index (χ1) is 31.7. The van der Waals surface area contributed by atoms with E-state index in [2.05, 4.69) is 83.4 Å². The van der Waals surface area contributed by atoms with Gasteiger partial charge in [-0.15, -0.1) is 11.3 Å². The fraction of sp³-hybridized carbons (Fsp3) is 0. The van der Waals surface area contributed by atoms with Crippen LogP contribution in [0.1, 0.15) is 0 Å². The minimum absolute atomic E-state index is 0.177. The molecule has 0 aliphatic heterocycles. The molecule has 0 aliphatic rings. The predicted octanol–water partition coefficient (Wildman–Crippen LogP) is 17.0. The van der Waals surface area contributed by atoms with Crippen LogP contribution in [-0.2, 0) is 0 Å². The second kappa shape index (κ2) is 16.0. The van der Waals surface area contributed by atoms with Crippen LogP contribution >= 0.6 is 11.3 Å². The van der Waals surface area contributed by atoms with E-state index in [1.165, 1.54) is 39.2 Å². The maximum atomic E-state index is 14.9. The van der Waals surface area contributed by atoms with Crippen molar-refractivity contribution in [1.82, 2.24) is 4.57 Å². The lowest BCUT2D eigenvalue weighted by Gasteiger charge is -2.26. The largest absolute Gasteiger partial charge is 0.311 e. The number of rotatable bonds is 8. The third-order valence-electron chi connectivity index (χ3n) is 11.9. The quantitative estimate of drug-likeness (QED) is 0.0839. The van der Waals surface area contributed by atoms with Crippen LogP contribution in [0, 0.1) is 34.9 Å². The fourth-order valence-corrected chi connectivity index (χ4v) is 9.73. The summed E-state index contributed by atoms with van der Waals surface area (Å²) < 4.78 is 89.3. The van der Waals surface area contributed by atoms with Gasteiger partial charge in [0.1, 0.15) is 5.82 Å². The molecule has 9 heteroatoms. The first-order valence-corrected chi connectivity index (χ1v) is 21.5. The molecule has 9 aromatic carbocycles. The monoisotopic (exact) mass is 878 g/mol. The Labute approximate surface area is 373 Å². The summed E-state index contributed by atoms with van der Waals surface area (Å²) in [5.41, 5.74) is 8.85. The summed E-state index contributed by atoms with van der Waals surface area (Å²) in [7, 11) is 0. The number of nitrogens with zero attached hydrogens (tertiary/aromatic N) is 2. The summed E-state index contributed by atoms with van der Waals surface area (Å²) in [4.78, 5) is 3.12. The standard InChI is InChI=1S/C56H32F6N2S/c57-40-20-10-33(11-21-40)34-12-22-42(23-13-34)63(44-26-16-36(17-27-44)51-52(58)54(60)56(62)55(61)53(51)59)43-24-14-35(15-25-43)37-18-28-47-45(30-37)46-31-39(50-32-38-6-4-5-9-49(38)65-50)19-29-48(46)64(47)41-7-2-1-3-8-41/h1-32H. The van der Waals surface area contributed by atoms with E-state index >= 15 is 0 Å². The van der Waals surface area contributed by atoms with Crippen LogP contribution in [0.4, 0.5) is 43.4 Å². The van der Waals surface area contributed by atoms with E-state index in [1.54, 1.807) is 35.6 Å². The van der Waals surface area contributed by atoms with Gasteiger partial charge in [-0.25, -0.2) is 26.3 Å². The van der Waals surface area contributed by atoms with Crippen LogP contribution in [-0.4, -0.2) is 4.57 Å². The summed E-state index contributed by atoms with van der Waals surface area (Å²) in [5, 5.41) is 3.44. The van der Waals surface area contributed by atoms with Crippen molar-refractivity contribution < 1.29 is 26.3 Å². The summed E-state index contributed by atoms with van der Waals surface area (Å²) >= 11 is 1.78. The molecule has 11 aromatic rings. The van der Waals surface area contributed by atoms with E-state index in [1.807, 2.05) is 71.6 Å². The topological polar surface area (TPSA) is 8.17 Å². The number of halogens is 6. The fourth-order valence-electron chi connectivity index (χ4n) is 8.67. The normalized spacial score (nSPS) is 11.5.